The molecule has 0 unspecified atom stereocenters. The third kappa shape index (κ3) is 5.57. The van der Waals surface area contributed by atoms with Gasteiger partial charge in [-0.25, -0.2) is 0 Å². The molecule has 0 aliphatic heterocycles. The average molecular weight is 302 g/mol. The Balaban J connectivity index is 2.77. The van der Waals surface area contributed by atoms with Gasteiger partial charge in [0.25, 0.3) is 0 Å². The Hall–Kier alpha value is -0.970. The lowest BCUT2D eigenvalue weighted by Crippen LogP contribution is -2.34. The van der Waals surface area contributed by atoms with Gasteiger partial charge in [0.2, 0.25) is 0 Å². The number of aliphatic hydroxyl groups is 1. The number of nitrogens with one attached hydrogen (secondary N) is 1. The average Bonchev–Trinajstić information content (AvgIpc) is 2.35. The maximum Gasteiger partial charge on any atom is 0.179 e. The molecule has 2 N–H and O–H groups in total. The summed E-state index contributed by atoms with van der Waals surface area (Å²) in [6, 6.07) is 3.75. The molecule has 0 aliphatic carbocycles. The van der Waals surface area contributed by atoms with Crippen molar-refractivity contribution in [2.75, 3.05) is 20.3 Å². The number of hydrogen-bond donors (Lipinski definition) is 2. The van der Waals surface area contributed by atoms with Crippen LogP contribution in [0, 0.1) is 0 Å². The maximum absolute atomic E-state index is 9.66. The quantitative estimate of drug-likeness (QED) is 0.775. The molecule has 0 amide bonds. The molecular formula is C15H24ClNO3. The molecule has 1 rings (SSSR count). The third-order valence-corrected chi connectivity index (χ3v) is 2.91. The molecule has 4 nitrogen and oxygen atoms in total. The van der Waals surface area contributed by atoms with E-state index in [1.165, 1.54) is 0 Å². The van der Waals surface area contributed by atoms with Crippen LogP contribution in [0.25, 0.3) is 0 Å². The number of hydrogen-bond acceptors (Lipinski definition) is 4. The zero-order chi connectivity index (χ0) is 15.2. The summed E-state index contributed by atoms with van der Waals surface area (Å²) >= 11 is 6.24. The fraction of sp³-hybridized carbons (Fsp3) is 0.600. The van der Waals surface area contributed by atoms with Crippen LogP contribution in [0.4, 0.5) is 0 Å². The Kier molecular flexibility index (Phi) is 6.59. The fourth-order valence-electron chi connectivity index (χ4n) is 1.73. The summed E-state index contributed by atoms with van der Waals surface area (Å²) in [6.45, 7) is 7.27. The topological polar surface area (TPSA) is 50.7 Å². The van der Waals surface area contributed by atoms with E-state index in [9.17, 15) is 5.11 Å². The first kappa shape index (κ1) is 17.1. The van der Waals surface area contributed by atoms with Crippen molar-refractivity contribution in [2.45, 2.75) is 39.3 Å². The predicted octanol–water partition coefficient (Wildman–Crippen LogP) is 3.00. The molecule has 0 fully saturated rings. The van der Waals surface area contributed by atoms with Crippen molar-refractivity contribution in [3.63, 3.8) is 0 Å². The first-order valence-corrected chi connectivity index (χ1v) is 7.17. The van der Waals surface area contributed by atoms with Crippen molar-refractivity contribution in [3.8, 4) is 11.5 Å². The molecule has 1 aromatic carbocycles. The summed E-state index contributed by atoms with van der Waals surface area (Å²) in [7, 11) is 1.60. The van der Waals surface area contributed by atoms with Crippen molar-refractivity contribution in [1.29, 1.82) is 0 Å². The van der Waals surface area contributed by atoms with Gasteiger partial charge in [-0.3, -0.25) is 0 Å². The Bertz CT molecular complexity index is 430. The van der Waals surface area contributed by atoms with E-state index in [0.717, 1.165) is 12.0 Å². The van der Waals surface area contributed by atoms with Crippen LogP contribution in [0.2, 0.25) is 5.02 Å². The van der Waals surface area contributed by atoms with Crippen molar-refractivity contribution in [3.05, 3.63) is 22.7 Å². The van der Waals surface area contributed by atoms with Gasteiger partial charge in [0.1, 0.15) is 0 Å². The standard InChI is InChI=1S/C15H24ClNO3/c1-5-6-20-14-12(16)7-11(8-13(14)19-4)9-17-10-15(2,3)18/h7-8,17-18H,5-6,9-10H2,1-4H3. The molecule has 0 bridgehead atoms. The molecule has 0 aliphatic rings. The Morgan fingerprint density at radius 3 is 2.60 bits per heavy atom. The van der Waals surface area contributed by atoms with Gasteiger partial charge in [-0.15, -0.1) is 0 Å². The zero-order valence-corrected chi connectivity index (χ0v) is 13.4. The van der Waals surface area contributed by atoms with E-state index in [0.29, 0.717) is 36.2 Å². The SMILES string of the molecule is CCCOc1c(Cl)cc(CNCC(C)(C)O)cc1OC. The molecule has 0 radical (unpaired) electrons. The van der Waals surface area contributed by atoms with Crippen molar-refractivity contribution < 1.29 is 14.6 Å². The van der Waals surface area contributed by atoms with E-state index < -0.39 is 5.60 Å². The molecule has 0 spiro atoms. The summed E-state index contributed by atoms with van der Waals surface area (Å²) in [5.41, 5.74) is 0.248. The number of ether oxygens (including phenoxy) is 2. The summed E-state index contributed by atoms with van der Waals surface area (Å²) in [4.78, 5) is 0. The predicted molar refractivity (Wildman–Crippen MR) is 81.8 cm³/mol. The van der Waals surface area contributed by atoms with E-state index in [1.807, 2.05) is 19.1 Å². The number of rotatable bonds is 8. The molecule has 114 valence electrons. The van der Waals surface area contributed by atoms with Crippen LogP contribution in [0.1, 0.15) is 32.8 Å². The Morgan fingerprint density at radius 2 is 2.05 bits per heavy atom. The van der Waals surface area contributed by atoms with Crippen molar-refractivity contribution in [2.24, 2.45) is 0 Å². The van der Waals surface area contributed by atoms with Gasteiger partial charge in [-0.2, -0.15) is 0 Å². The third-order valence-electron chi connectivity index (χ3n) is 2.63. The highest BCUT2D eigenvalue weighted by molar-refractivity contribution is 6.32. The summed E-state index contributed by atoms with van der Waals surface area (Å²) in [6.07, 6.45) is 0.911. The lowest BCUT2D eigenvalue weighted by atomic mass is 10.1. The smallest absolute Gasteiger partial charge is 0.179 e. The second-order valence-corrected chi connectivity index (χ2v) is 5.78. The van der Waals surface area contributed by atoms with E-state index in [2.05, 4.69) is 5.32 Å². The minimum Gasteiger partial charge on any atom is -0.493 e. The highest BCUT2D eigenvalue weighted by Gasteiger charge is 2.14. The van der Waals surface area contributed by atoms with Crippen LogP contribution in [0.15, 0.2) is 12.1 Å². The van der Waals surface area contributed by atoms with Gasteiger partial charge in [-0.05, 0) is 38.0 Å². The van der Waals surface area contributed by atoms with E-state index in [4.69, 9.17) is 21.1 Å². The summed E-state index contributed by atoms with van der Waals surface area (Å²) in [5.74, 6) is 1.22. The van der Waals surface area contributed by atoms with Crippen molar-refractivity contribution >= 4 is 11.6 Å². The minimum atomic E-state index is -0.738. The van der Waals surface area contributed by atoms with Gasteiger partial charge >= 0.3 is 0 Å². The first-order chi connectivity index (χ1) is 9.37. The minimum absolute atomic E-state index is 0.501. The van der Waals surface area contributed by atoms with Crippen LogP contribution >= 0.6 is 11.6 Å². The molecule has 0 atom stereocenters. The molecule has 5 heteroatoms. The van der Waals surface area contributed by atoms with E-state index >= 15 is 0 Å². The van der Waals surface area contributed by atoms with Crippen LogP contribution < -0.4 is 14.8 Å². The number of methoxy groups -OCH3 is 1. The highest BCUT2D eigenvalue weighted by atomic mass is 35.5. The van der Waals surface area contributed by atoms with E-state index in [-0.39, 0.29) is 0 Å². The summed E-state index contributed by atoms with van der Waals surface area (Å²) < 4.78 is 10.9. The second-order valence-electron chi connectivity index (χ2n) is 5.37. The molecule has 0 saturated carbocycles. The van der Waals surface area contributed by atoms with Crippen LogP contribution in [0.3, 0.4) is 0 Å². The number of benzene rings is 1. The lowest BCUT2D eigenvalue weighted by molar-refractivity contribution is 0.0795. The van der Waals surface area contributed by atoms with Crippen LogP contribution in [-0.4, -0.2) is 31.0 Å². The lowest BCUT2D eigenvalue weighted by Gasteiger charge is -2.18. The normalized spacial score (nSPS) is 11.5. The molecule has 20 heavy (non-hydrogen) atoms. The molecule has 0 aromatic heterocycles. The van der Waals surface area contributed by atoms with Gasteiger partial charge < -0.3 is 19.9 Å². The highest BCUT2D eigenvalue weighted by Crippen LogP contribution is 2.36. The maximum atomic E-state index is 9.66. The zero-order valence-electron chi connectivity index (χ0n) is 12.6. The van der Waals surface area contributed by atoms with Gasteiger partial charge in [0, 0.05) is 13.1 Å². The monoisotopic (exact) mass is 301 g/mol. The fourth-order valence-corrected chi connectivity index (χ4v) is 2.02. The Labute approximate surface area is 126 Å². The molecule has 0 saturated heterocycles. The van der Waals surface area contributed by atoms with Crippen LogP contribution in [-0.2, 0) is 6.54 Å². The number of halogens is 1. The molecule has 1 aromatic rings. The van der Waals surface area contributed by atoms with Crippen molar-refractivity contribution in [1.82, 2.24) is 5.32 Å². The molecular weight excluding hydrogens is 278 g/mol. The van der Waals surface area contributed by atoms with Gasteiger partial charge in [0.15, 0.2) is 11.5 Å². The van der Waals surface area contributed by atoms with Gasteiger partial charge in [0.05, 0.1) is 24.3 Å². The largest absolute Gasteiger partial charge is 0.493 e. The second kappa shape index (κ2) is 7.72. The van der Waals surface area contributed by atoms with Gasteiger partial charge in [-0.1, -0.05) is 18.5 Å². The Morgan fingerprint density at radius 1 is 1.35 bits per heavy atom. The summed E-state index contributed by atoms with van der Waals surface area (Å²) in [5, 5.41) is 13.4. The van der Waals surface area contributed by atoms with E-state index in [1.54, 1.807) is 21.0 Å². The van der Waals surface area contributed by atoms with Crippen LogP contribution in [0.5, 0.6) is 11.5 Å². The first-order valence-electron chi connectivity index (χ1n) is 6.79. The molecule has 0 heterocycles.